The van der Waals surface area contributed by atoms with Gasteiger partial charge in [0.15, 0.2) is 0 Å². The highest BCUT2D eigenvalue weighted by molar-refractivity contribution is 5.83. The molecular weight excluding hydrogens is 242 g/mol. The maximum absolute atomic E-state index is 12.0. The van der Waals surface area contributed by atoms with Crippen LogP contribution >= 0.6 is 0 Å². The number of hydrogen-bond donors (Lipinski definition) is 1. The molecule has 1 atom stereocenters. The topological polar surface area (TPSA) is 56.1 Å². The highest BCUT2D eigenvalue weighted by atomic mass is 16.5. The number of para-hydroxylation sites is 2. The highest BCUT2D eigenvalue weighted by Gasteiger charge is 2.16. The van der Waals surface area contributed by atoms with Crippen LogP contribution in [-0.2, 0) is 9.53 Å². The second-order valence-corrected chi connectivity index (χ2v) is 4.45. The number of ether oxygens (including phenoxy) is 1. The molecule has 0 spiro atoms. The summed E-state index contributed by atoms with van der Waals surface area (Å²) in [6, 6.07) is 7.53. The van der Waals surface area contributed by atoms with Crippen LogP contribution in [0.2, 0.25) is 0 Å². The Labute approximate surface area is 112 Å². The molecule has 2 rings (SSSR count). The molecule has 1 aromatic carbocycles. The molecule has 0 saturated heterocycles. The minimum absolute atomic E-state index is 0.000689. The van der Waals surface area contributed by atoms with Crippen LogP contribution in [0.25, 0.3) is 11.0 Å². The van der Waals surface area contributed by atoms with Gasteiger partial charge >= 0.3 is 0 Å². The van der Waals surface area contributed by atoms with Gasteiger partial charge in [-0.05, 0) is 25.5 Å². The van der Waals surface area contributed by atoms with Crippen molar-refractivity contribution in [2.75, 3.05) is 20.3 Å². The van der Waals surface area contributed by atoms with Crippen LogP contribution in [-0.4, -0.2) is 35.7 Å². The first kappa shape index (κ1) is 13.5. The predicted molar refractivity (Wildman–Crippen MR) is 73.9 cm³/mol. The zero-order chi connectivity index (χ0) is 13.7. The number of aromatic nitrogens is 2. The number of hydrogen-bond acceptors (Lipinski definition) is 3. The molecule has 5 nitrogen and oxygen atoms in total. The number of methoxy groups -OCH3 is 1. The van der Waals surface area contributed by atoms with Crippen molar-refractivity contribution in [2.24, 2.45) is 0 Å². The Kier molecular flexibility index (Phi) is 4.52. The minimum atomic E-state index is -0.269. The molecule has 1 amide bonds. The predicted octanol–water partition coefficient (Wildman–Crippen LogP) is 1.75. The van der Waals surface area contributed by atoms with Gasteiger partial charge in [-0.25, -0.2) is 4.98 Å². The lowest BCUT2D eigenvalue weighted by Gasteiger charge is -2.14. The monoisotopic (exact) mass is 261 g/mol. The second kappa shape index (κ2) is 6.33. The number of carbonyl (C=O) groups is 1. The van der Waals surface area contributed by atoms with E-state index in [1.54, 1.807) is 13.4 Å². The van der Waals surface area contributed by atoms with Gasteiger partial charge in [-0.3, -0.25) is 4.79 Å². The number of nitrogens with one attached hydrogen (secondary N) is 1. The number of rotatable bonds is 6. The van der Waals surface area contributed by atoms with Gasteiger partial charge in [0, 0.05) is 20.3 Å². The van der Waals surface area contributed by atoms with Gasteiger partial charge < -0.3 is 14.6 Å². The Bertz CT molecular complexity index is 550. The van der Waals surface area contributed by atoms with Gasteiger partial charge in [0.25, 0.3) is 0 Å². The van der Waals surface area contributed by atoms with E-state index in [4.69, 9.17) is 4.74 Å². The summed E-state index contributed by atoms with van der Waals surface area (Å²) in [6.07, 6.45) is 2.53. The van der Waals surface area contributed by atoms with Crippen molar-refractivity contribution in [3.05, 3.63) is 30.6 Å². The molecule has 0 radical (unpaired) electrons. The lowest BCUT2D eigenvalue weighted by Crippen LogP contribution is -2.31. The molecule has 5 heteroatoms. The lowest BCUT2D eigenvalue weighted by atomic mass is 10.2. The molecule has 0 fully saturated rings. The van der Waals surface area contributed by atoms with Crippen LogP contribution in [0.1, 0.15) is 19.4 Å². The number of nitrogens with zero attached hydrogens (tertiary/aromatic N) is 2. The first-order chi connectivity index (χ1) is 9.24. The average Bonchev–Trinajstić information content (AvgIpc) is 2.86. The summed E-state index contributed by atoms with van der Waals surface area (Å²) >= 11 is 0. The first-order valence-electron chi connectivity index (χ1n) is 6.42. The smallest absolute Gasteiger partial charge is 0.242 e. The zero-order valence-corrected chi connectivity index (χ0v) is 11.3. The Balaban J connectivity index is 2.02. The fourth-order valence-corrected chi connectivity index (χ4v) is 1.99. The van der Waals surface area contributed by atoms with E-state index in [-0.39, 0.29) is 11.9 Å². The quantitative estimate of drug-likeness (QED) is 0.806. The van der Waals surface area contributed by atoms with Crippen LogP contribution in [0.15, 0.2) is 30.6 Å². The largest absolute Gasteiger partial charge is 0.385 e. The average molecular weight is 261 g/mol. The molecule has 102 valence electrons. The Morgan fingerprint density at radius 3 is 3.05 bits per heavy atom. The number of imidazole rings is 1. The SMILES string of the molecule is COCCCNC(=O)C(C)n1cnc2ccccc21. The summed E-state index contributed by atoms with van der Waals surface area (Å²) < 4.78 is 6.84. The van der Waals surface area contributed by atoms with Crippen LogP contribution in [0, 0.1) is 0 Å². The third-order valence-electron chi connectivity index (χ3n) is 3.10. The third-order valence-corrected chi connectivity index (χ3v) is 3.10. The van der Waals surface area contributed by atoms with E-state index >= 15 is 0 Å². The molecule has 0 saturated carbocycles. The second-order valence-electron chi connectivity index (χ2n) is 4.45. The van der Waals surface area contributed by atoms with Crippen LogP contribution in [0.3, 0.4) is 0 Å². The Hall–Kier alpha value is -1.88. The summed E-state index contributed by atoms with van der Waals surface area (Å²) in [4.78, 5) is 16.3. The summed E-state index contributed by atoms with van der Waals surface area (Å²) in [7, 11) is 1.65. The van der Waals surface area contributed by atoms with Crippen molar-refractivity contribution in [3.63, 3.8) is 0 Å². The number of carbonyl (C=O) groups excluding carboxylic acids is 1. The molecule has 0 aliphatic carbocycles. The maximum Gasteiger partial charge on any atom is 0.242 e. The fraction of sp³-hybridized carbons (Fsp3) is 0.429. The maximum atomic E-state index is 12.0. The molecule has 19 heavy (non-hydrogen) atoms. The van der Waals surface area contributed by atoms with Gasteiger partial charge in [0.1, 0.15) is 6.04 Å². The standard InChI is InChI=1S/C14H19N3O2/c1-11(14(18)15-8-5-9-19-2)17-10-16-12-6-3-4-7-13(12)17/h3-4,6-7,10-11H,5,8-9H2,1-2H3,(H,15,18). The van der Waals surface area contributed by atoms with E-state index in [1.807, 2.05) is 35.8 Å². The molecule has 0 bridgehead atoms. The van der Waals surface area contributed by atoms with Crippen LogP contribution in [0.4, 0.5) is 0 Å². The van der Waals surface area contributed by atoms with E-state index in [0.29, 0.717) is 13.2 Å². The zero-order valence-electron chi connectivity index (χ0n) is 11.3. The summed E-state index contributed by atoms with van der Waals surface area (Å²) in [5, 5.41) is 2.90. The van der Waals surface area contributed by atoms with Gasteiger partial charge in [0.05, 0.1) is 17.4 Å². The number of amides is 1. The van der Waals surface area contributed by atoms with E-state index < -0.39 is 0 Å². The summed E-state index contributed by atoms with van der Waals surface area (Å²) in [5.41, 5.74) is 1.88. The van der Waals surface area contributed by atoms with Crippen molar-refractivity contribution in [1.82, 2.24) is 14.9 Å². The van der Waals surface area contributed by atoms with Crippen LogP contribution < -0.4 is 5.32 Å². The van der Waals surface area contributed by atoms with E-state index in [9.17, 15) is 4.79 Å². The Morgan fingerprint density at radius 2 is 2.26 bits per heavy atom. The molecule has 1 aromatic heterocycles. The molecular formula is C14H19N3O2. The Morgan fingerprint density at radius 1 is 1.47 bits per heavy atom. The van der Waals surface area contributed by atoms with Crippen molar-refractivity contribution in [2.45, 2.75) is 19.4 Å². The minimum Gasteiger partial charge on any atom is -0.385 e. The van der Waals surface area contributed by atoms with Gasteiger partial charge in [-0.15, -0.1) is 0 Å². The molecule has 2 aromatic rings. The van der Waals surface area contributed by atoms with E-state index in [2.05, 4.69) is 10.3 Å². The van der Waals surface area contributed by atoms with Crippen LogP contribution in [0.5, 0.6) is 0 Å². The first-order valence-corrected chi connectivity index (χ1v) is 6.42. The summed E-state index contributed by atoms with van der Waals surface area (Å²) in [5.74, 6) is -0.000689. The van der Waals surface area contributed by atoms with E-state index in [0.717, 1.165) is 17.5 Å². The molecule has 1 N–H and O–H groups in total. The van der Waals surface area contributed by atoms with Gasteiger partial charge in [-0.1, -0.05) is 12.1 Å². The normalized spacial score (nSPS) is 12.5. The lowest BCUT2D eigenvalue weighted by molar-refractivity contribution is -0.123. The van der Waals surface area contributed by atoms with E-state index in [1.165, 1.54) is 0 Å². The third kappa shape index (κ3) is 3.12. The summed E-state index contributed by atoms with van der Waals surface area (Å²) in [6.45, 7) is 3.16. The van der Waals surface area contributed by atoms with Crippen molar-refractivity contribution in [1.29, 1.82) is 0 Å². The molecule has 0 aliphatic heterocycles. The molecule has 0 aliphatic rings. The number of benzene rings is 1. The molecule has 1 heterocycles. The highest BCUT2D eigenvalue weighted by Crippen LogP contribution is 2.17. The van der Waals surface area contributed by atoms with Crippen molar-refractivity contribution >= 4 is 16.9 Å². The van der Waals surface area contributed by atoms with Crippen molar-refractivity contribution in [3.8, 4) is 0 Å². The van der Waals surface area contributed by atoms with Gasteiger partial charge in [0.2, 0.25) is 5.91 Å². The van der Waals surface area contributed by atoms with Crippen molar-refractivity contribution < 1.29 is 9.53 Å². The molecule has 1 unspecified atom stereocenters. The fourth-order valence-electron chi connectivity index (χ4n) is 1.99. The number of fused-ring (bicyclic) bond motifs is 1. The van der Waals surface area contributed by atoms with Gasteiger partial charge in [-0.2, -0.15) is 0 Å².